The summed E-state index contributed by atoms with van der Waals surface area (Å²) in [7, 11) is 0. The van der Waals surface area contributed by atoms with E-state index in [-0.39, 0.29) is 17.4 Å². The number of carbonyl (C=O) groups excluding carboxylic acids is 1. The van der Waals surface area contributed by atoms with Crippen molar-refractivity contribution in [2.24, 2.45) is 11.3 Å². The molecular weight excluding hydrogens is 312 g/mol. The number of benzene rings is 1. The highest BCUT2D eigenvalue weighted by atomic mass is 35.5. The maximum atomic E-state index is 12.8. The van der Waals surface area contributed by atoms with Gasteiger partial charge < -0.3 is 15.0 Å². The van der Waals surface area contributed by atoms with E-state index in [2.05, 4.69) is 19.2 Å². The lowest BCUT2D eigenvalue weighted by atomic mass is 9.57. The van der Waals surface area contributed by atoms with Crippen LogP contribution >= 0.6 is 11.6 Å². The first-order chi connectivity index (χ1) is 11.0. The van der Waals surface area contributed by atoms with Crippen molar-refractivity contribution in [3.8, 4) is 0 Å². The molecule has 5 heteroatoms. The quantitative estimate of drug-likeness (QED) is 0.924. The highest BCUT2D eigenvalue weighted by Gasteiger charge is 2.60. The van der Waals surface area contributed by atoms with Crippen molar-refractivity contribution < 1.29 is 9.53 Å². The molecule has 2 saturated heterocycles. The molecule has 2 heterocycles. The van der Waals surface area contributed by atoms with Gasteiger partial charge in [-0.15, -0.1) is 0 Å². The van der Waals surface area contributed by atoms with Crippen LogP contribution in [0.4, 0.5) is 5.69 Å². The topological polar surface area (TPSA) is 41.6 Å². The van der Waals surface area contributed by atoms with Crippen LogP contribution in [0, 0.1) is 11.3 Å². The van der Waals surface area contributed by atoms with E-state index in [0.29, 0.717) is 23.1 Å². The number of hydrogen-bond acceptors (Lipinski definition) is 3. The summed E-state index contributed by atoms with van der Waals surface area (Å²) < 4.78 is 5.84. The first-order valence-corrected chi connectivity index (χ1v) is 8.81. The number of nitrogens with zero attached hydrogens (tertiary/aromatic N) is 1. The minimum atomic E-state index is -0.114. The van der Waals surface area contributed by atoms with Gasteiger partial charge in [-0.25, -0.2) is 0 Å². The van der Waals surface area contributed by atoms with Gasteiger partial charge in [-0.2, -0.15) is 0 Å². The lowest BCUT2D eigenvalue weighted by Gasteiger charge is -2.55. The number of para-hydroxylation sites is 1. The molecular formula is C18H23ClN2O2. The molecule has 1 aliphatic carbocycles. The van der Waals surface area contributed by atoms with Gasteiger partial charge in [0.05, 0.1) is 22.9 Å². The zero-order valence-electron chi connectivity index (χ0n) is 13.6. The van der Waals surface area contributed by atoms with E-state index in [1.54, 1.807) is 0 Å². The second-order valence-corrected chi connectivity index (χ2v) is 7.90. The standard InChI is InChI=1S/C18H23ClN2O2/c1-18(2)15(11-8-10-23-16(11)18)20-13-7-9-21(17(13)22)14-6-4-3-5-12(14)19/h3-6,11,13,15-16,20H,7-10H2,1-2H3. The number of carbonyl (C=O) groups is 1. The fraction of sp³-hybridized carbons (Fsp3) is 0.611. The van der Waals surface area contributed by atoms with E-state index in [9.17, 15) is 4.79 Å². The van der Waals surface area contributed by atoms with Gasteiger partial charge in [0.1, 0.15) is 0 Å². The zero-order chi connectivity index (χ0) is 16.2. The number of ether oxygens (including phenoxy) is 1. The van der Waals surface area contributed by atoms with Gasteiger partial charge in [0.2, 0.25) is 5.91 Å². The van der Waals surface area contributed by atoms with Crippen LogP contribution in [0.2, 0.25) is 5.02 Å². The van der Waals surface area contributed by atoms with E-state index in [1.165, 1.54) is 0 Å². The third kappa shape index (κ3) is 2.31. The first kappa shape index (κ1) is 15.4. The molecule has 0 bridgehead atoms. The Kier molecular flexibility index (Phi) is 3.67. The summed E-state index contributed by atoms with van der Waals surface area (Å²) in [6, 6.07) is 7.80. The van der Waals surface area contributed by atoms with Gasteiger partial charge in [0.25, 0.3) is 0 Å². The van der Waals surface area contributed by atoms with Gasteiger partial charge in [-0.1, -0.05) is 37.6 Å². The molecule has 23 heavy (non-hydrogen) atoms. The Morgan fingerprint density at radius 2 is 2.09 bits per heavy atom. The van der Waals surface area contributed by atoms with Crippen molar-refractivity contribution in [2.45, 2.75) is 44.9 Å². The van der Waals surface area contributed by atoms with Gasteiger partial charge >= 0.3 is 0 Å². The highest BCUT2D eigenvalue weighted by Crippen LogP contribution is 2.52. The summed E-state index contributed by atoms with van der Waals surface area (Å²) in [5, 5.41) is 4.27. The molecule has 1 saturated carbocycles. The Morgan fingerprint density at radius 3 is 2.87 bits per heavy atom. The summed E-state index contributed by atoms with van der Waals surface area (Å²) in [5.74, 6) is 0.684. The maximum absolute atomic E-state index is 12.8. The van der Waals surface area contributed by atoms with E-state index >= 15 is 0 Å². The van der Waals surface area contributed by atoms with E-state index in [0.717, 1.165) is 31.7 Å². The fourth-order valence-corrected chi connectivity index (χ4v) is 4.86. The highest BCUT2D eigenvalue weighted by molar-refractivity contribution is 6.33. The third-order valence-electron chi connectivity index (χ3n) is 5.83. The molecule has 3 fully saturated rings. The molecule has 0 aromatic heterocycles. The number of amides is 1. The predicted molar refractivity (Wildman–Crippen MR) is 90.8 cm³/mol. The van der Waals surface area contributed by atoms with Crippen molar-refractivity contribution in [1.82, 2.24) is 5.32 Å². The average Bonchev–Trinajstić information content (AvgIpc) is 3.11. The van der Waals surface area contributed by atoms with Crippen LogP contribution in [0.5, 0.6) is 0 Å². The van der Waals surface area contributed by atoms with Crippen LogP contribution in [0.25, 0.3) is 0 Å². The van der Waals surface area contributed by atoms with Crippen molar-refractivity contribution in [2.75, 3.05) is 18.1 Å². The summed E-state index contributed by atoms with van der Waals surface area (Å²) in [6.07, 6.45) is 2.27. The molecule has 1 aromatic carbocycles. The second-order valence-electron chi connectivity index (χ2n) is 7.49. The van der Waals surface area contributed by atoms with Crippen molar-refractivity contribution in [3.63, 3.8) is 0 Å². The van der Waals surface area contributed by atoms with Gasteiger partial charge in [0.15, 0.2) is 0 Å². The number of rotatable bonds is 3. The van der Waals surface area contributed by atoms with Crippen LogP contribution in [-0.4, -0.2) is 37.2 Å². The second kappa shape index (κ2) is 5.47. The van der Waals surface area contributed by atoms with Gasteiger partial charge in [-0.3, -0.25) is 4.79 Å². The molecule has 1 aromatic rings. The fourth-order valence-electron chi connectivity index (χ4n) is 4.62. The van der Waals surface area contributed by atoms with Crippen molar-refractivity contribution >= 4 is 23.2 Å². The Morgan fingerprint density at radius 1 is 1.30 bits per heavy atom. The van der Waals surface area contributed by atoms with Crippen molar-refractivity contribution in [3.05, 3.63) is 29.3 Å². The molecule has 4 nitrogen and oxygen atoms in total. The molecule has 4 unspecified atom stereocenters. The Bertz CT molecular complexity index is 633. The third-order valence-corrected chi connectivity index (χ3v) is 6.15. The van der Waals surface area contributed by atoms with E-state index in [4.69, 9.17) is 16.3 Å². The number of nitrogens with one attached hydrogen (secondary N) is 1. The SMILES string of the molecule is CC1(C)C(NC2CCN(c3ccccc3Cl)C2=O)C2CCOC21. The normalized spacial score (nSPS) is 35.3. The average molecular weight is 335 g/mol. The van der Waals surface area contributed by atoms with E-state index < -0.39 is 0 Å². The summed E-state index contributed by atoms with van der Waals surface area (Å²) in [6.45, 7) is 6.05. The van der Waals surface area contributed by atoms with Crippen LogP contribution in [0.3, 0.4) is 0 Å². The molecule has 4 atom stereocenters. The number of hydrogen-bond donors (Lipinski definition) is 1. The lowest BCUT2D eigenvalue weighted by molar-refractivity contribution is -0.127. The van der Waals surface area contributed by atoms with Gasteiger partial charge in [-0.05, 0) is 25.0 Å². The van der Waals surface area contributed by atoms with E-state index in [1.807, 2.05) is 29.2 Å². The number of anilines is 1. The number of fused-ring (bicyclic) bond motifs is 1. The zero-order valence-corrected chi connectivity index (χ0v) is 14.3. The molecule has 0 spiro atoms. The Hall–Kier alpha value is -1.10. The smallest absolute Gasteiger partial charge is 0.244 e. The lowest BCUT2D eigenvalue weighted by Crippen LogP contribution is -2.68. The largest absolute Gasteiger partial charge is 0.377 e. The Labute approximate surface area is 142 Å². The number of halogens is 1. The summed E-state index contributed by atoms with van der Waals surface area (Å²) >= 11 is 6.25. The maximum Gasteiger partial charge on any atom is 0.244 e. The monoisotopic (exact) mass is 334 g/mol. The summed E-state index contributed by atoms with van der Waals surface area (Å²) in [4.78, 5) is 14.6. The minimum absolute atomic E-state index is 0.0965. The molecule has 4 rings (SSSR count). The van der Waals surface area contributed by atoms with Gasteiger partial charge in [0, 0.05) is 30.5 Å². The predicted octanol–water partition coefficient (Wildman–Crippen LogP) is 2.85. The molecule has 124 valence electrons. The van der Waals surface area contributed by atoms with Crippen LogP contribution in [0.15, 0.2) is 24.3 Å². The summed E-state index contributed by atoms with van der Waals surface area (Å²) in [5.41, 5.74) is 0.914. The first-order valence-electron chi connectivity index (χ1n) is 8.43. The van der Waals surface area contributed by atoms with Crippen LogP contribution in [0.1, 0.15) is 26.7 Å². The molecule has 3 aliphatic rings. The molecule has 1 N–H and O–H groups in total. The van der Waals surface area contributed by atoms with Crippen LogP contribution < -0.4 is 10.2 Å². The Balaban J connectivity index is 1.48. The molecule has 0 radical (unpaired) electrons. The molecule has 2 aliphatic heterocycles. The van der Waals surface area contributed by atoms with Crippen molar-refractivity contribution in [1.29, 1.82) is 0 Å². The van der Waals surface area contributed by atoms with Crippen LogP contribution in [-0.2, 0) is 9.53 Å². The molecule has 1 amide bonds. The minimum Gasteiger partial charge on any atom is -0.377 e.